The number of aliphatic hydroxyl groups excluding tert-OH is 1. The molecule has 1 N–H and O–H groups in total. The number of benzene rings is 1. The van der Waals surface area contributed by atoms with Gasteiger partial charge in [0, 0.05) is 10.6 Å². The molecule has 19 heavy (non-hydrogen) atoms. The van der Waals surface area contributed by atoms with Crippen LogP contribution in [0.4, 0.5) is 0 Å². The number of aliphatic hydroxyl groups is 1. The maximum Gasteiger partial charge on any atom is 0.125 e. The lowest BCUT2D eigenvalue weighted by atomic mass is 9.89. The third kappa shape index (κ3) is 2.75. The predicted octanol–water partition coefficient (Wildman–Crippen LogP) is 4.21. The zero-order chi connectivity index (χ0) is 13.4. The minimum atomic E-state index is -0.547. The van der Waals surface area contributed by atoms with Crippen LogP contribution in [0.1, 0.15) is 44.3 Å². The van der Waals surface area contributed by atoms with Crippen molar-refractivity contribution in [3.8, 4) is 5.75 Å². The van der Waals surface area contributed by atoms with Crippen LogP contribution in [0.3, 0.4) is 0 Å². The Kier molecular flexibility index (Phi) is 3.72. The fourth-order valence-corrected chi connectivity index (χ4v) is 3.94. The number of rotatable bonds is 4. The summed E-state index contributed by atoms with van der Waals surface area (Å²) >= 11 is 5.97. The van der Waals surface area contributed by atoms with E-state index in [1.807, 2.05) is 12.1 Å². The molecule has 0 amide bonds. The zero-order valence-electron chi connectivity index (χ0n) is 11.3. The zero-order valence-corrected chi connectivity index (χ0v) is 12.1. The van der Waals surface area contributed by atoms with Gasteiger partial charge in [-0.1, -0.05) is 18.0 Å². The van der Waals surface area contributed by atoms with Crippen molar-refractivity contribution in [1.29, 1.82) is 0 Å². The molecule has 0 spiro atoms. The summed E-state index contributed by atoms with van der Waals surface area (Å²) < 4.78 is 5.97. The largest absolute Gasteiger partial charge is 0.493 e. The molecule has 3 rings (SSSR count). The van der Waals surface area contributed by atoms with E-state index in [1.165, 1.54) is 25.7 Å². The van der Waals surface area contributed by atoms with Gasteiger partial charge in [0.2, 0.25) is 0 Å². The Morgan fingerprint density at radius 2 is 2.21 bits per heavy atom. The highest BCUT2D eigenvalue weighted by Crippen LogP contribution is 2.48. The first-order chi connectivity index (χ1) is 9.13. The first kappa shape index (κ1) is 13.3. The average molecular weight is 281 g/mol. The third-order valence-corrected chi connectivity index (χ3v) is 4.99. The van der Waals surface area contributed by atoms with Crippen LogP contribution in [0.2, 0.25) is 5.02 Å². The van der Waals surface area contributed by atoms with Gasteiger partial charge in [-0.2, -0.15) is 0 Å². The second-order valence-electron chi connectivity index (χ2n) is 6.10. The second kappa shape index (κ2) is 5.34. The number of halogens is 1. The summed E-state index contributed by atoms with van der Waals surface area (Å²) in [6.07, 6.45) is 4.97. The molecule has 0 saturated heterocycles. The van der Waals surface area contributed by atoms with Crippen molar-refractivity contribution in [2.75, 3.05) is 6.61 Å². The highest BCUT2D eigenvalue weighted by Gasteiger charge is 2.39. The molecule has 0 radical (unpaired) electrons. The standard InChI is InChI=1S/C16H21ClO2/c1-10(18)15-8-14(17)4-5-16(15)19-9-13-7-11-2-3-12(13)6-11/h4-5,8,10-13,18H,2-3,6-7,9H2,1H3/t10-,11?,12?,13?/m1/s1. The Morgan fingerprint density at radius 1 is 1.37 bits per heavy atom. The molecular weight excluding hydrogens is 260 g/mol. The SMILES string of the molecule is C[C@@H](O)c1cc(Cl)ccc1OCC1CC2CCC1C2. The molecule has 1 aromatic carbocycles. The molecule has 2 fully saturated rings. The Morgan fingerprint density at radius 3 is 2.84 bits per heavy atom. The van der Waals surface area contributed by atoms with Crippen molar-refractivity contribution < 1.29 is 9.84 Å². The quantitative estimate of drug-likeness (QED) is 0.895. The minimum absolute atomic E-state index is 0.547. The number of ether oxygens (including phenoxy) is 1. The maximum atomic E-state index is 9.79. The molecule has 3 unspecified atom stereocenters. The summed E-state index contributed by atoms with van der Waals surface area (Å²) in [6.45, 7) is 2.53. The third-order valence-electron chi connectivity index (χ3n) is 4.76. The Labute approximate surface area is 119 Å². The van der Waals surface area contributed by atoms with Gasteiger partial charge >= 0.3 is 0 Å². The topological polar surface area (TPSA) is 29.5 Å². The molecule has 2 aliphatic carbocycles. The van der Waals surface area contributed by atoms with Crippen LogP contribution in [0.25, 0.3) is 0 Å². The lowest BCUT2D eigenvalue weighted by Gasteiger charge is -2.23. The molecule has 2 saturated carbocycles. The van der Waals surface area contributed by atoms with E-state index in [-0.39, 0.29) is 0 Å². The van der Waals surface area contributed by atoms with E-state index >= 15 is 0 Å². The fraction of sp³-hybridized carbons (Fsp3) is 0.625. The summed E-state index contributed by atoms with van der Waals surface area (Å²) in [5.41, 5.74) is 0.788. The lowest BCUT2D eigenvalue weighted by molar-refractivity contribution is 0.172. The van der Waals surface area contributed by atoms with Gasteiger partial charge in [-0.3, -0.25) is 0 Å². The van der Waals surface area contributed by atoms with Crippen LogP contribution in [-0.4, -0.2) is 11.7 Å². The summed E-state index contributed by atoms with van der Waals surface area (Å²) in [5, 5.41) is 10.4. The minimum Gasteiger partial charge on any atom is -0.493 e. The van der Waals surface area contributed by atoms with Crippen LogP contribution >= 0.6 is 11.6 Å². The molecule has 2 nitrogen and oxygen atoms in total. The molecule has 4 atom stereocenters. The highest BCUT2D eigenvalue weighted by atomic mass is 35.5. The van der Waals surface area contributed by atoms with E-state index in [2.05, 4.69) is 0 Å². The Balaban J connectivity index is 1.66. The van der Waals surface area contributed by atoms with E-state index in [0.29, 0.717) is 10.9 Å². The molecule has 0 aliphatic heterocycles. The maximum absolute atomic E-state index is 9.79. The second-order valence-corrected chi connectivity index (χ2v) is 6.54. The van der Waals surface area contributed by atoms with E-state index < -0.39 is 6.10 Å². The van der Waals surface area contributed by atoms with Crippen LogP contribution in [0, 0.1) is 17.8 Å². The van der Waals surface area contributed by atoms with Crippen molar-refractivity contribution in [3.05, 3.63) is 28.8 Å². The smallest absolute Gasteiger partial charge is 0.125 e. The Bertz CT molecular complexity index is 458. The van der Waals surface area contributed by atoms with Crippen LogP contribution in [0.15, 0.2) is 18.2 Å². The van der Waals surface area contributed by atoms with Crippen LogP contribution < -0.4 is 4.74 Å². The lowest BCUT2D eigenvalue weighted by Crippen LogP contribution is -2.19. The van der Waals surface area contributed by atoms with Gasteiger partial charge in [-0.05, 0) is 62.1 Å². The van der Waals surface area contributed by atoms with E-state index in [9.17, 15) is 5.11 Å². The Hall–Kier alpha value is -0.730. The fourth-order valence-electron chi connectivity index (χ4n) is 3.75. The van der Waals surface area contributed by atoms with Crippen molar-refractivity contribution in [2.24, 2.45) is 17.8 Å². The van der Waals surface area contributed by atoms with Crippen molar-refractivity contribution in [3.63, 3.8) is 0 Å². The van der Waals surface area contributed by atoms with Gasteiger partial charge in [0.1, 0.15) is 5.75 Å². The predicted molar refractivity (Wildman–Crippen MR) is 76.5 cm³/mol. The average Bonchev–Trinajstić information content (AvgIpc) is 2.99. The van der Waals surface area contributed by atoms with Gasteiger partial charge < -0.3 is 9.84 Å². The first-order valence-corrected chi connectivity index (χ1v) is 7.61. The van der Waals surface area contributed by atoms with Crippen LogP contribution in [0.5, 0.6) is 5.75 Å². The van der Waals surface area contributed by atoms with Crippen molar-refractivity contribution in [2.45, 2.75) is 38.7 Å². The summed E-state index contributed by atoms with van der Waals surface area (Å²) in [4.78, 5) is 0. The number of hydrogen-bond donors (Lipinski definition) is 1. The number of hydrogen-bond acceptors (Lipinski definition) is 2. The van der Waals surface area contributed by atoms with Crippen molar-refractivity contribution >= 4 is 11.6 Å². The van der Waals surface area contributed by atoms with Gasteiger partial charge in [0.25, 0.3) is 0 Å². The molecule has 0 heterocycles. The molecule has 2 bridgehead atoms. The molecular formula is C16H21ClO2. The van der Waals surface area contributed by atoms with Gasteiger partial charge in [0.05, 0.1) is 12.7 Å². The van der Waals surface area contributed by atoms with Crippen LogP contribution in [-0.2, 0) is 0 Å². The summed E-state index contributed by atoms with van der Waals surface area (Å²) in [5.74, 6) is 3.30. The van der Waals surface area contributed by atoms with Crippen molar-refractivity contribution in [1.82, 2.24) is 0 Å². The molecule has 1 aromatic rings. The normalized spacial score (nSPS) is 30.6. The van der Waals surface area contributed by atoms with E-state index in [1.54, 1.807) is 13.0 Å². The molecule has 2 aliphatic rings. The molecule has 3 heteroatoms. The van der Waals surface area contributed by atoms with E-state index in [0.717, 1.165) is 29.8 Å². The van der Waals surface area contributed by atoms with E-state index in [4.69, 9.17) is 16.3 Å². The van der Waals surface area contributed by atoms with Gasteiger partial charge in [-0.25, -0.2) is 0 Å². The number of fused-ring (bicyclic) bond motifs is 2. The molecule has 104 valence electrons. The monoisotopic (exact) mass is 280 g/mol. The van der Waals surface area contributed by atoms with Gasteiger partial charge in [-0.15, -0.1) is 0 Å². The first-order valence-electron chi connectivity index (χ1n) is 7.24. The highest BCUT2D eigenvalue weighted by molar-refractivity contribution is 6.30. The summed E-state index contributed by atoms with van der Waals surface area (Å²) in [7, 11) is 0. The summed E-state index contributed by atoms with van der Waals surface area (Å²) in [6, 6.07) is 5.49. The molecule has 0 aromatic heterocycles. The van der Waals surface area contributed by atoms with Gasteiger partial charge in [0.15, 0.2) is 0 Å².